The Kier molecular flexibility index (Phi) is 5.41. The molecule has 0 N–H and O–H groups in total. The molecule has 0 unspecified atom stereocenters. The van der Waals surface area contributed by atoms with Crippen LogP contribution in [0.2, 0.25) is 0 Å². The minimum absolute atomic E-state index is 1.17. The molecule has 0 aliphatic rings. The first-order chi connectivity index (χ1) is 29.3. The Morgan fingerprint density at radius 2 is 0.864 bits per heavy atom. The van der Waals surface area contributed by atoms with E-state index in [1.807, 2.05) is 0 Å². The van der Waals surface area contributed by atoms with Crippen molar-refractivity contribution >= 4 is 120 Å². The number of aromatic nitrogens is 3. The van der Waals surface area contributed by atoms with Crippen LogP contribution in [0.3, 0.4) is 0 Å². The van der Waals surface area contributed by atoms with Gasteiger partial charge in [0.05, 0.1) is 44.1 Å². The first-order valence-corrected chi connectivity index (χ1v) is 20.5. The molecular weight excluding hydrogens is 715 g/mol. The Morgan fingerprint density at radius 3 is 1.75 bits per heavy atom. The van der Waals surface area contributed by atoms with E-state index in [4.69, 9.17) is 0 Å². The van der Waals surface area contributed by atoms with Crippen molar-refractivity contribution in [3.8, 4) is 16.8 Å². The van der Waals surface area contributed by atoms with Gasteiger partial charge in [0.2, 0.25) is 0 Å². The first kappa shape index (κ1) is 30.3. The number of hydrogen-bond acceptors (Lipinski definition) is 0. The molecule has 270 valence electrons. The summed E-state index contributed by atoms with van der Waals surface area (Å²) >= 11 is 0. The number of rotatable bonds is 2. The van der Waals surface area contributed by atoms with E-state index >= 15 is 0 Å². The molecule has 0 atom stereocenters. The summed E-state index contributed by atoms with van der Waals surface area (Å²) in [6, 6.07) is 70.3. The van der Waals surface area contributed by atoms with Crippen LogP contribution < -0.4 is 0 Å². The van der Waals surface area contributed by atoms with Gasteiger partial charge in [-0.2, -0.15) is 0 Å². The summed E-state index contributed by atoms with van der Waals surface area (Å²) in [7, 11) is 0. The Hall–Kier alpha value is -7.88. The third kappa shape index (κ3) is 3.62. The van der Waals surface area contributed by atoms with E-state index in [-0.39, 0.29) is 0 Å². The molecule has 0 radical (unpaired) electrons. The van der Waals surface area contributed by atoms with E-state index in [2.05, 4.69) is 201 Å². The topological polar surface area (TPSA) is 13.8 Å². The van der Waals surface area contributed by atoms with Crippen molar-refractivity contribution in [3.05, 3.63) is 188 Å². The Balaban J connectivity index is 1.11. The minimum Gasteiger partial charge on any atom is -0.309 e. The third-order valence-corrected chi connectivity index (χ3v) is 13.6. The second kappa shape index (κ2) is 10.5. The number of fused-ring (bicyclic) bond motifs is 19. The van der Waals surface area contributed by atoms with E-state index in [9.17, 15) is 0 Å². The van der Waals surface area contributed by atoms with Gasteiger partial charge in [0.15, 0.2) is 0 Å². The largest absolute Gasteiger partial charge is 0.309 e. The van der Waals surface area contributed by atoms with Gasteiger partial charge in [0, 0.05) is 70.5 Å². The fraction of sp³-hybridized carbons (Fsp3) is 0. The van der Waals surface area contributed by atoms with Gasteiger partial charge in [-0.05, 0) is 70.3 Å². The highest BCUT2D eigenvalue weighted by molar-refractivity contribution is 6.35. The summed E-state index contributed by atoms with van der Waals surface area (Å²) in [6.45, 7) is 0. The van der Waals surface area contributed by atoms with E-state index in [1.165, 1.54) is 136 Å². The number of para-hydroxylation sites is 4. The molecule has 59 heavy (non-hydrogen) atoms. The number of nitrogens with zero attached hydrogens (tertiary/aromatic N) is 3. The summed E-state index contributed by atoms with van der Waals surface area (Å²) in [5.41, 5.74) is 13.7. The van der Waals surface area contributed by atoms with Gasteiger partial charge in [-0.3, -0.25) is 0 Å². The molecule has 0 aliphatic carbocycles. The summed E-state index contributed by atoms with van der Waals surface area (Å²) in [4.78, 5) is 0. The Morgan fingerprint density at radius 1 is 0.271 bits per heavy atom. The highest BCUT2D eigenvalue weighted by Gasteiger charge is 2.26. The Labute approximate surface area is 336 Å². The van der Waals surface area contributed by atoms with Crippen LogP contribution in [0.5, 0.6) is 0 Å². The fourth-order valence-corrected chi connectivity index (χ4v) is 11.3. The zero-order chi connectivity index (χ0) is 38.1. The molecule has 0 saturated carbocycles. The van der Waals surface area contributed by atoms with Crippen molar-refractivity contribution in [1.29, 1.82) is 0 Å². The van der Waals surface area contributed by atoms with Crippen molar-refractivity contribution in [1.82, 2.24) is 13.4 Å². The maximum absolute atomic E-state index is 2.61. The van der Waals surface area contributed by atoms with E-state index in [0.29, 0.717) is 0 Å². The summed E-state index contributed by atoms with van der Waals surface area (Å²) in [5.74, 6) is 0. The maximum atomic E-state index is 2.61. The van der Waals surface area contributed by atoms with Gasteiger partial charge in [-0.25, -0.2) is 0 Å². The summed E-state index contributed by atoms with van der Waals surface area (Å²) in [6.07, 6.45) is 0. The van der Waals surface area contributed by atoms with Crippen molar-refractivity contribution in [2.45, 2.75) is 0 Å². The fourth-order valence-electron chi connectivity index (χ4n) is 11.3. The molecule has 0 bridgehead atoms. The predicted octanol–water partition coefficient (Wildman–Crippen LogP) is 15.1. The first-order valence-electron chi connectivity index (χ1n) is 20.5. The van der Waals surface area contributed by atoms with Crippen LogP contribution in [0, 0.1) is 0 Å². The van der Waals surface area contributed by atoms with Crippen LogP contribution in [-0.2, 0) is 0 Å². The average Bonchev–Trinajstić information content (AvgIpc) is 4.08. The lowest BCUT2D eigenvalue weighted by Gasteiger charge is -2.09. The normalized spacial score (nSPS) is 12.7. The van der Waals surface area contributed by atoms with E-state index in [1.54, 1.807) is 0 Å². The Bertz CT molecular complexity index is 4290. The zero-order valence-electron chi connectivity index (χ0n) is 31.7. The van der Waals surface area contributed by atoms with E-state index in [0.717, 1.165) is 0 Å². The van der Waals surface area contributed by atoms with Gasteiger partial charge in [-0.15, -0.1) is 0 Å². The monoisotopic (exact) mass is 745 g/mol. The van der Waals surface area contributed by atoms with Gasteiger partial charge in [-0.1, -0.05) is 140 Å². The molecular formula is C56H31N3. The van der Waals surface area contributed by atoms with Gasteiger partial charge in [0.25, 0.3) is 0 Å². The van der Waals surface area contributed by atoms with Crippen LogP contribution in [0.1, 0.15) is 0 Å². The molecule has 15 rings (SSSR count). The molecule has 0 saturated heterocycles. The number of hydrogen-bond donors (Lipinski definition) is 0. The van der Waals surface area contributed by atoms with Crippen LogP contribution in [0.25, 0.3) is 136 Å². The third-order valence-electron chi connectivity index (χ3n) is 13.6. The highest BCUT2D eigenvalue weighted by Crippen LogP contribution is 2.49. The van der Waals surface area contributed by atoms with Gasteiger partial charge >= 0.3 is 0 Å². The molecule has 10 aromatic carbocycles. The quantitative estimate of drug-likeness (QED) is 0.167. The number of benzene rings is 10. The summed E-state index contributed by atoms with van der Waals surface area (Å²) < 4.78 is 7.58. The minimum atomic E-state index is 1.17. The maximum Gasteiger partial charge on any atom is 0.0627 e. The van der Waals surface area contributed by atoms with Crippen LogP contribution >= 0.6 is 0 Å². The van der Waals surface area contributed by atoms with Crippen LogP contribution in [0.15, 0.2) is 188 Å². The molecule has 5 aromatic heterocycles. The van der Waals surface area contributed by atoms with Gasteiger partial charge in [0.1, 0.15) is 0 Å². The smallest absolute Gasteiger partial charge is 0.0627 e. The molecule has 0 spiro atoms. The lowest BCUT2D eigenvalue weighted by atomic mass is 9.97. The van der Waals surface area contributed by atoms with Gasteiger partial charge < -0.3 is 13.4 Å². The summed E-state index contributed by atoms with van der Waals surface area (Å²) in [5, 5.41) is 18.1. The highest BCUT2D eigenvalue weighted by atomic mass is 15.0. The lowest BCUT2D eigenvalue weighted by molar-refractivity contribution is 1.18. The van der Waals surface area contributed by atoms with Crippen LogP contribution in [-0.4, -0.2) is 13.4 Å². The molecule has 3 nitrogen and oxygen atoms in total. The standard InChI is InChI=1S/C56H31N3/c1-2-14-35(15-3-1)57-48-23-9-8-18-39(48)44-28-34(25-27-49(44)57)38-19-10-22-42-46-29-33-13-5-6-16-36(33)52-47-31-50-45(30-51(47)59(54(38)42)56(46)52)41-21-11-20-40-43-26-24-32-12-4-7-17-37(32)53(43)58(50)55(40)41/h1-31H. The molecule has 0 fully saturated rings. The average molecular weight is 746 g/mol. The lowest BCUT2D eigenvalue weighted by Crippen LogP contribution is -1.93. The molecule has 0 aliphatic heterocycles. The second-order valence-electron chi connectivity index (χ2n) is 16.4. The SMILES string of the molecule is c1ccc(-n2c3ccccc3c3cc(-c4cccc5c6cc7ccccc7c7c8cc9c(cc8n(c45)c67)c4cccc5c6ccc7ccccc7c6n9c45)ccc32)cc1. The zero-order valence-corrected chi connectivity index (χ0v) is 31.7. The van der Waals surface area contributed by atoms with Crippen molar-refractivity contribution < 1.29 is 0 Å². The predicted molar refractivity (Wildman–Crippen MR) is 251 cm³/mol. The molecule has 5 heterocycles. The van der Waals surface area contributed by atoms with Crippen molar-refractivity contribution in [2.75, 3.05) is 0 Å². The molecule has 0 amide bonds. The van der Waals surface area contributed by atoms with Crippen molar-refractivity contribution in [3.63, 3.8) is 0 Å². The van der Waals surface area contributed by atoms with Crippen LogP contribution in [0.4, 0.5) is 0 Å². The van der Waals surface area contributed by atoms with E-state index < -0.39 is 0 Å². The second-order valence-corrected chi connectivity index (χ2v) is 16.4. The molecule has 3 heteroatoms. The molecule has 15 aromatic rings. The van der Waals surface area contributed by atoms with Crippen molar-refractivity contribution in [2.24, 2.45) is 0 Å².